The molecule has 5 heteroatoms. The Balaban J connectivity index is 1.96. The molecule has 0 aliphatic carbocycles. The number of amides is 1. The molecule has 2 heterocycles. The number of nitrogens with zero attached hydrogens (tertiary/aromatic N) is 2. The smallest absolute Gasteiger partial charge is 0.253 e. The van der Waals surface area contributed by atoms with Crippen LogP contribution in [0.15, 0.2) is 18.3 Å². The molecule has 5 nitrogen and oxygen atoms in total. The number of hydrogen-bond acceptors (Lipinski definition) is 4. The molecule has 1 atom stereocenters. The van der Waals surface area contributed by atoms with Crippen molar-refractivity contribution in [3.8, 4) is 0 Å². The Hall–Kier alpha value is -1.62. The molecule has 0 spiro atoms. The molecular weight excluding hydrogens is 254 g/mol. The highest BCUT2D eigenvalue weighted by Crippen LogP contribution is 2.15. The number of ether oxygens (including phenoxy) is 1. The van der Waals surface area contributed by atoms with Gasteiger partial charge in [-0.15, -0.1) is 0 Å². The fourth-order valence-corrected chi connectivity index (χ4v) is 2.40. The van der Waals surface area contributed by atoms with E-state index in [1.165, 1.54) is 6.42 Å². The van der Waals surface area contributed by atoms with Gasteiger partial charge in [0.05, 0.1) is 6.10 Å². The number of hydrogen-bond donors (Lipinski definition) is 1. The molecule has 1 aliphatic rings. The summed E-state index contributed by atoms with van der Waals surface area (Å²) < 4.78 is 5.68. The number of likely N-dealkylation sites (N-methyl/N-ethyl adjacent to an activating group) is 1. The van der Waals surface area contributed by atoms with Gasteiger partial charge in [-0.2, -0.15) is 0 Å². The first-order valence-corrected chi connectivity index (χ1v) is 7.27. The average molecular weight is 277 g/mol. The van der Waals surface area contributed by atoms with Crippen molar-refractivity contribution < 1.29 is 9.53 Å². The summed E-state index contributed by atoms with van der Waals surface area (Å²) in [6, 6.07) is 3.55. The lowest BCUT2D eigenvalue weighted by molar-refractivity contribution is -0.000187. The predicted molar refractivity (Wildman–Crippen MR) is 79.0 cm³/mol. The zero-order valence-corrected chi connectivity index (χ0v) is 12.3. The van der Waals surface area contributed by atoms with E-state index in [1.807, 2.05) is 14.0 Å². The molecule has 1 amide bonds. The molecule has 0 saturated carbocycles. The molecule has 1 unspecified atom stereocenters. The summed E-state index contributed by atoms with van der Waals surface area (Å²) in [5.74, 6) is 0.751. The minimum Gasteiger partial charge on any atom is -0.376 e. The molecule has 1 N–H and O–H groups in total. The van der Waals surface area contributed by atoms with Crippen LogP contribution in [-0.4, -0.2) is 48.6 Å². The molecule has 0 bridgehead atoms. The van der Waals surface area contributed by atoms with Gasteiger partial charge in [0.2, 0.25) is 0 Å². The maximum Gasteiger partial charge on any atom is 0.253 e. The van der Waals surface area contributed by atoms with E-state index in [0.29, 0.717) is 12.1 Å². The van der Waals surface area contributed by atoms with Crippen LogP contribution in [-0.2, 0) is 4.74 Å². The number of nitrogens with one attached hydrogen (secondary N) is 1. The van der Waals surface area contributed by atoms with Crippen LogP contribution in [0.3, 0.4) is 0 Å². The van der Waals surface area contributed by atoms with Gasteiger partial charge in [0.1, 0.15) is 5.82 Å². The normalized spacial score (nSPS) is 18.6. The largest absolute Gasteiger partial charge is 0.376 e. The van der Waals surface area contributed by atoms with Crippen LogP contribution in [0.4, 0.5) is 5.82 Å². The zero-order chi connectivity index (χ0) is 14.4. The van der Waals surface area contributed by atoms with Crippen molar-refractivity contribution in [1.82, 2.24) is 9.88 Å². The molecule has 110 valence electrons. The Morgan fingerprint density at radius 2 is 2.40 bits per heavy atom. The fourth-order valence-electron chi connectivity index (χ4n) is 2.40. The Morgan fingerprint density at radius 3 is 3.10 bits per heavy atom. The van der Waals surface area contributed by atoms with Gasteiger partial charge >= 0.3 is 0 Å². The number of rotatable bonds is 5. The van der Waals surface area contributed by atoms with E-state index >= 15 is 0 Å². The monoisotopic (exact) mass is 277 g/mol. The van der Waals surface area contributed by atoms with E-state index in [-0.39, 0.29) is 12.0 Å². The van der Waals surface area contributed by atoms with Crippen LogP contribution in [0.25, 0.3) is 0 Å². The summed E-state index contributed by atoms with van der Waals surface area (Å²) in [7, 11) is 1.83. The summed E-state index contributed by atoms with van der Waals surface area (Å²) in [6.45, 7) is 4.25. The summed E-state index contributed by atoms with van der Waals surface area (Å²) in [6.07, 6.45) is 5.19. The van der Waals surface area contributed by atoms with E-state index in [2.05, 4.69) is 10.3 Å². The van der Waals surface area contributed by atoms with Crippen molar-refractivity contribution in [2.45, 2.75) is 32.3 Å². The number of carbonyl (C=O) groups excluding carboxylic acids is 1. The van der Waals surface area contributed by atoms with Gasteiger partial charge in [0, 0.05) is 38.5 Å². The van der Waals surface area contributed by atoms with Crippen molar-refractivity contribution >= 4 is 11.7 Å². The molecule has 0 aromatic carbocycles. The molecule has 1 aromatic heterocycles. The summed E-state index contributed by atoms with van der Waals surface area (Å²) >= 11 is 0. The Bertz CT molecular complexity index is 444. The lowest BCUT2D eigenvalue weighted by Gasteiger charge is -2.27. The highest BCUT2D eigenvalue weighted by Gasteiger charge is 2.19. The molecule has 1 aromatic rings. The Kier molecular flexibility index (Phi) is 5.35. The summed E-state index contributed by atoms with van der Waals surface area (Å²) in [5, 5.41) is 3.12. The Morgan fingerprint density at radius 1 is 1.55 bits per heavy atom. The van der Waals surface area contributed by atoms with E-state index in [0.717, 1.165) is 31.8 Å². The van der Waals surface area contributed by atoms with Crippen molar-refractivity contribution in [1.29, 1.82) is 0 Å². The van der Waals surface area contributed by atoms with Gasteiger partial charge in [-0.1, -0.05) is 0 Å². The number of pyridine rings is 1. The quantitative estimate of drug-likeness (QED) is 0.896. The van der Waals surface area contributed by atoms with Crippen molar-refractivity contribution in [3.63, 3.8) is 0 Å². The van der Waals surface area contributed by atoms with Crippen LogP contribution in [0.5, 0.6) is 0 Å². The van der Waals surface area contributed by atoms with Crippen LogP contribution < -0.4 is 5.32 Å². The van der Waals surface area contributed by atoms with E-state index in [4.69, 9.17) is 4.74 Å². The molecule has 1 aliphatic heterocycles. The van der Waals surface area contributed by atoms with Crippen LogP contribution in [0, 0.1) is 0 Å². The van der Waals surface area contributed by atoms with Crippen LogP contribution in [0.1, 0.15) is 36.5 Å². The average Bonchev–Trinajstić information content (AvgIpc) is 2.48. The van der Waals surface area contributed by atoms with Crippen molar-refractivity contribution in [3.05, 3.63) is 23.9 Å². The minimum absolute atomic E-state index is 0.0146. The number of carbonyl (C=O) groups is 1. The molecular formula is C15H23N3O2. The third-order valence-electron chi connectivity index (χ3n) is 3.46. The first-order chi connectivity index (χ1) is 9.70. The lowest BCUT2D eigenvalue weighted by Crippen LogP contribution is -2.37. The summed E-state index contributed by atoms with van der Waals surface area (Å²) in [5.41, 5.74) is 0.661. The Labute approximate surface area is 120 Å². The third-order valence-corrected chi connectivity index (χ3v) is 3.46. The number of aromatic nitrogens is 1. The zero-order valence-electron chi connectivity index (χ0n) is 12.3. The third kappa shape index (κ3) is 3.93. The first-order valence-electron chi connectivity index (χ1n) is 7.27. The molecule has 20 heavy (non-hydrogen) atoms. The van der Waals surface area contributed by atoms with Gasteiger partial charge in [-0.05, 0) is 38.3 Å². The lowest BCUT2D eigenvalue weighted by atomic mass is 10.1. The van der Waals surface area contributed by atoms with Crippen molar-refractivity contribution in [2.24, 2.45) is 0 Å². The standard InChI is InChI=1S/C15H23N3O2/c1-3-16-14-10-12(7-8-17-14)15(19)18(2)11-13-6-4-5-9-20-13/h7-8,10,13H,3-6,9,11H2,1-2H3,(H,16,17). The maximum absolute atomic E-state index is 12.4. The van der Waals surface area contributed by atoms with E-state index in [9.17, 15) is 4.79 Å². The summed E-state index contributed by atoms with van der Waals surface area (Å²) in [4.78, 5) is 18.3. The minimum atomic E-state index is 0.0146. The topological polar surface area (TPSA) is 54.5 Å². The molecule has 0 radical (unpaired) electrons. The molecule has 1 fully saturated rings. The predicted octanol–water partition coefficient (Wildman–Crippen LogP) is 2.15. The van der Waals surface area contributed by atoms with Crippen LogP contribution >= 0.6 is 0 Å². The van der Waals surface area contributed by atoms with E-state index in [1.54, 1.807) is 23.2 Å². The van der Waals surface area contributed by atoms with Gasteiger partial charge in [0.15, 0.2) is 0 Å². The van der Waals surface area contributed by atoms with Gasteiger partial charge in [-0.25, -0.2) is 4.98 Å². The second-order valence-corrected chi connectivity index (χ2v) is 5.13. The van der Waals surface area contributed by atoms with Crippen molar-refractivity contribution in [2.75, 3.05) is 32.1 Å². The SMILES string of the molecule is CCNc1cc(C(=O)N(C)CC2CCCCO2)ccn1. The first kappa shape index (κ1) is 14.8. The van der Waals surface area contributed by atoms with E-state index < -0.39 is 0 Å². The van der Waals surface area contributed by atoms with Gasteiger partial charge in [-0.3, -0.25) is 4.79 Å². The highest BCUT2D eigenvalue weighted by atomic mass is 16.5. The fraction of sp³-hybridized carbons (Fsp3) is 0.600. The molecule has 2 rings (SSSR count). The van der Waals surface area contributed by atoms with Crippen LogP contribution in [0.2, 0.25) is 0 Å². The second kappa shape index (κ2) is 7.24. The van der Waals surface area contributed by atoms with Gasteiger partial charge in [0.25, 0.3) is 5.91 Å². The van der Waals surface area contributed by atoms with Gasteiger partial charge < -0.3 is 15.0 Å². The highest BCUT2D eigenvalue weighted by molar-refractivity contribution is 5.94. The molecule has 1 saturated heterocycles. The number of anilines is 1. The second-order valence-electron chi connectivity index (χ2n) is 5.13. The maximum atomic E-state index is 12.4.